The molecule has 0 unspecified atom stereocenters. The van der Waals surface area contributed by atoms with E-state index in [1.165, 1.54) is 5.56 Å². The molecule has 2 aliphatic heterocycles. The van der Waals surface area contributed by atoms with Gasteiger partial charge in [-0.25, -0.2) is 0 Å². The van der Waals surface area contributed by atoms with Gasteiger partial charge in [-0.15, -0.1) is 0 Å². The summed E-state index contributed by atoms with van der Waals surface area (Å²) >= 11 is 0. The number of hydrogen-bond acceptors (Lipinski definition) is 4. The molecule has 0 saturated carbocycles. The van der Waals surface area contributed by atoms with E-state index in [4.69, 9.17) is 0 Å². The summed E-state index contributed by atoms with van der Waals surface area (Å²) in [5.74, 6) is -0.238. The predicted octanol–water partition coefficient (Wildman–Crippen LogP) is 4.81. The fourth-order valence-electron chi connectivity index (χ4n) is 5.62. The van der Waals surface area contributed by atoms with Crippen molar-refractivity contribution in [3.63, 3.8) is 0 Å². The minimum Gasteiger partial charge on any atom is -0.313 e. The van der Waals surface area contributed by atoms with Crippen LogP contribution in [0.15, 0.2) is 66.7 Å². The van der Waals surface area contributed by atoms with Crippen LogP contribution in [-0.4, -0.2) is 31.3 Å². The molecule has 3 aromatic rings. The van der Waals surface area contributed by atoms with Gasteiger partial charge in [0.25, 0.3) is 0 Å². The number of nitrogens with one attached hydrogen (secondary N) is 1. The van der Waals surface area contributed by atoms with Gasteiger partial charge in [-0.1, -0.05) is 48.5 Å². The largest absolute Gasteiger partial charge is 0.313 e. The molecule has 7 nitrogen and oxygen atoms in total. The zero-order valence-electron chi connectivity index (χ0n) is 23.2. The maximum atomic E-state index is 13.1. The van der Waals surface area contributed by atoms with E-state index in [9.17, 15) is 14.4 Å². The van der Waals surface area contributed by atoms with Gasteiger partial charge in [-0.2, -0.15) is 0 Å². The monoisotopic (exact) mass is 524 g/mol. The van der Waals surface area contributed by atoms with Gasteiger partial charge in [0.15, 0.2) is 0 Å². The van der Waals surface area contributed by atoms with Crippen molar-refractivity contribution in [1.29, 1.82) is 0 Å². The second-order valence-corrected chi connectivity index (χ2v) is 10.8. The number of fused-ring (bicyclic) bond motifs is 2. The molecule has 0 aromatic heterocycles. The fraction of sp³-hybridized carbons (Fsp3) is 0.344. The highest BCUT2D eigenvalue weighted by Gasteiger charge is 2.45. The van der Waals surface area contributed by atoms with Gasteiger partial charge < -0.3 is 20.0 Å². The fourth-order valence-corrected chi connectivity index (χ4v) is 5.62. The van der Waals surface area contributed by atoms with E-state index in [1.54, 1.807) is 30.7 Å². The van der Waals surface area contributed by atoms with Crippen molar-refractivity contribution in [2.75, 3.05) is 28.3 Å². The maximum absolute atomic E-state index is 13.1. The van der Waals surface area contributed by atoms with Gasteiger partial charge in [-0.3, -0.25) is 14.4 Å². The first kappa shape index (κ1) is 26.6. The first-order valence-corrected chi connectivity index (χ1v) is 13.6. The van der Waals surface area contributed by atoms with Crippen LogP contribution >= 0.6 is 0 Å². The van der Waals surface area contributed by atoms with Crippen molar-refractivity contribution in [2.24, 2.45) is 5.41 Å². The number of amides is 3. The Hall–Kier alpha value is -3.97. The lowest BCUT2D eigenvalue weighted by Crippen LogP contribution is -2.47. The van der Waals surface area contributed by atoms with Gasteiger partial charge in [0.1, 0.15) is 5.41 Å². The van der Waals surface area contributed by atoms with Crippen LogP contribution in [0.3, 0.4) is 0 Å². The minimum absolute atomic E-state index is 0.155. The Kier molecular flexibility index (Phi) is 7.28. The third kappa shape index (κ3) is 4.94. The summed E-state index contributed by atoms with van der Waals surface area (Å²) in [6.07, 6.45) is 1.32. The van der Waals surface area contributed by atoms with Crippen molar-refractivity contribution in [3.8, 4) is 0 Å². The van der Waals surface area contributed by atoms with Crippen molar-refractivity contribution < 1.29 is 14.4 Å². The Morgan fingerprint density at radius 1 is 0.769 bits per heavy atom. The number of hydrogen-bond donors (Lipinski definition) is 1. The number of anilines is 3. The summed E-state index contributed by atoms with van der Waals surface area (Å²) in [5.41, 5.74) is 5.86. The van der Waals surface area contributed by atoms with Crippen LogP contribution in [-0.2, 0) is 40.4 Å². The van der Waals surface area contributed by atoms with E-state index in [-0.39, 0.29) is 17.7 Å². The quantitative estimate of drug-likeness (QED) is 0.450. The average molecular weight is 525 g/mol. The molecule has 0 bridgehead atoms. The van der Waals surface area contributed by atoms with Crippen LogP contribution in [0.4, 0.5) is 17.1 Å². The Morgan fingerprint density at radius 3 is 2.26 bits per heavy atom. The summed E-state index contributed by atoms with van der Waals surface area (Å²) in [7, 11) is 1.74. The molecule has 7 heteroatoms. The molecule has 202 valence electrons. The van der Waals surface area contributed by atoms with Crippen LogP contribution in [0, 0.1) is 5.41 Å². The average Bonchev–Trinajstić information content (AvgIpc) is 2.99. The van der Waals surface area contributed by atoms with Crippen molar-refractivity contribution in [1.82, 2.24) is 5.32 Å². The molecular formula is C32H36N4O3. The van der Waals surface area contributed by atoms with Crippen LogP contribution in [0.25, 0.3) is 0 Å². The number of para-hydroxylation sites is 1. The Labute approximate surface area is 230 Å². The second-order valence-electron chi connectivity index (χ2n) is 10.8. The van der Waals surface area contributed by atoms with E-state index in [0.29, 0.717) is 32.6 Å². The van der Waals surface area contributed by atoms with Crippen LogP contribution in [0.5, 0.6) is 0 Å². The number of aryl methyl sites for hydroxylation is 1. The van der Waals surface area contributed by atoms with E-state index < -0.39 is 5.41 Å². The van der Waals surface area contributed by atoms with Crippen molar-refractivity contribution >= 4 is 34.8 Å². The lowest BCUT2D eigenvalue weighted by atomic mass is 9.90. The molecule has 0 atom stereocenters. The highest BCUT2D eigenvalue weighted by Crippen LogP contribution is 2.38. The number of nitrogens with zero attached hydrogens (tertiary/aromatic N) is 3. The molecule has 0 aliphatic carbocycles. The number of benzene rings is 3. The predicted molar refractivity (Wildman–Crippen MR) is 155 cm³/mol. The van der Waals surface area contributed by atoms with E-state index in [0.717, 1.165) is 40.2 Å². The van der Waals surface area contributed by atoms with Gasteiger partial charge in [0, 0.05) is 38.8 Å². The van der Waals surface area contributed by atoms with Crippen LogP contribution < -0.4 is 20.0 Å². The summed E-state index contributed by atoms with van der Waals surface area (Å²) in [5, 5.41) is 3.54. The van der Waals surface area contributed by atoms with Crippen LogP contribution in [0.2, 0.25) is 0 Å². The molecule has 0 radical (unpaired) electrons. The molecule has 1 N–H and O–H groups in total. The molecule has 3 amide bonds. The lowest BCUT2D eigenvalue weighted by molar-refractivity contribution is -0.137. The summed E-state index contributed by atoms with van der Waals surface area (Å²) in [6.45, 7) is 7.58. The number of carbonyl (C=O) groups excluding carboxylic acids is 3. The second kappa shape index (κ2) is 10.7. The molecule has 3 aromatic carbocycles. The zero-order valence-corrected chi connectivity index (χ0v) is 23.2. The molecule has 0 fully saturated rings. The first-order chi connectivity index (χ1) is 18.7. The summed E-state index contributed by atoms with van der Waals surface area (Å²) in [6, 6.07) is 22.3. The SMILES string of the molecule is CCN1C(=O)C(C)(C)C(=O)N(C)c2cc(CNCc3ccccc3CN3C(=O)CCc4ccccc43)ccc21. The molecule has 2 aliphatic rings. The maximum Gasteiger partial charge on any atom is 0.242 e. The first-order valence-electron chi connectivity index (χ1n) is 13.6. The van der Waals surface area contributed by atoms with Crippen LogP contribution in [0.1, 0.15) is 49.4 Å². The highest BCUT2D eigenvalue weighted by atomic mass is 16.2. The number of carbonyl (C=O) groups is 3. The Balaban J connectivity index is 1.32. The summed E-state index contributed by atoms with van der Waals surface area (Å²) < 4.78 is 0. The van der Waals surface area contributed by atoms with E-state index >= 15 is 0 Å². The van der Waals surface area contributed by atoms with Crippen molar-refractivity contribution in [3.05, 3.63) is 89.0 Å². The van der Waals surface area contributed by atoms with Gasteiger partial charge >= 0.3 is 0 Å². The highest BCUT2D eigenvalue weighted by molar-refractivity contribution is 6.19. The van der Waals surface area contributed by atoms with Gasteiger partial charge in [0.05, 0.1) is 17.9 Å². The third-order valence-corrected chi connectivity index (χ3v) is 7.91. The lowest BCUT2D eigenvalue weighted by Gasteiger charge is -2.30. The zero-order chi connectivity index (χ0) is 27.7. The van der Waals surface area contributed by atoms with Gasteiger partial charge in [-0.05, 0) is 67.6 Å². The van der Waals surface area contributed by atoms with Gasteiger partial charge in [0.2, 0.25) is 17.7 Å². The Bertz CT molecular complexity index is 1430. The number of rotatable bonds is 7. The minimum atomic E-state index is -1.12. The van der Waals surface area contributed by atoms with Crippen molar-refractivity contribution in [2.45, 2.75) is 53.2 Å². The van der Waals surface area contributed by atoms with E-state index in [2.05, 4.69) is 23.5 Å². The van der Waals surface area contributed by atoms with E-state index in [1.807, 2.05) is 60.4 Å². The third-order valence-electron chi connectivity index (χ3n) is 7.91. The molecular weight excluding hydrogens is 488 g/mol. The normalized spacial score (nSPS) is 16.7. The molecule has 0 spiro atoms. The topological polar surface area (TPSA) is 73.0 Å². The molecule has 39 heavy (non-hydrogen) atoms. The Morgan fingerprint density at radius 2 is 1.49 bits per heavy atom. The smallest absolute Gasteiger partial charge is 0.242 e. The molecule has 0 saturated heterocycles. The molecule has 2 heterocycles. The molecule has 5 rings (SSSR count). The standard InChI is InChI=1S/C32H36N4O3/c1-5-35-27-16-14-22(18-28(27)34(4)30(38)32(2,3)31(35)39)19-33-20-24-11-6-7-12-25(24)21-36-26-13-9-8-10-23(26)15-17-29(36)37/h6-14,16,18,33H,5,15,17,19-21H2,1-4H3. The summed E-state index contributed by atoms with van der Waals surface area (Å²) in [4.78, 5) is 44.3.